The quantitative estimate of drug-likeness (QED) is 0.767. The van der Waals surface area contributed by atoms with Crippen molar-refractivity contribution in [2.24, 2.45) is 5.92 Å². The summed E-state index contributed by atoms with van der Waals surface area (Å²) in [6.45, 7) is 1.00. The van der Waals surface area contributed by atoms with Gasteiger partial charge in [0.1, 0.15) is 15.9 Å². The molecule has 1 aromatic heterocycles. The molecule has 1 amide bonds. The number of hydrogen-bond donors (Lipinski definition) is 0. The molecule has 1 unspecified atom stereocenters. The second-order valence-corrected chi connectivity index (χ2v) is 8.34. The summed E-state index contributed by atoms with van der Waals surface area (Å²) in [6.07, 6.45) is 1.25. The molecular formula is C15H19FN2O4S. The van der Waals surface area contributed by atoms with Crippen LogP contribution in [0.4, 0.5) is 4.39 Å². The molecule has 2 saturated heterocycles. The van der Waals surface area contributed by atoms with Gasteiger partial charge in [0, 0.05) is 24.9 Å². The number of ether oxygens (including phenoxy) is 1. The van der Waals surface area contributed by atoms with E-state index in [4.69, 9.17) is 4.74 Å². The van der Waals surface area contributed by atoms with Crippen molar-refractivity contribution in [3.8, 4) is 5.88 Å². The predicted molar refractivity (Wildman–Crippen MR) is 81.2 cm³/mol. The van der Waals surface area contributed by atoms with Crippen molar-refractivity contribution in [3.63, 3.8) is 0 Å². The van der Waals surface area contributed by atoms with Crippen LogP contribution in [0.3, 0.4) is 0 Å². The van der Waals surface area contributed by atoms with Crippen molar-refractivity contribution >= 4 is 15.7 Å². The molecule has 23 heavy (non-hydrogen) atoms. The highest BCUT2D eigenvalue weighted by Crippen LogP contribution is 2.24. The lowest BCUT2D eigenvalue weighted by Crippen LogP contribution is -2.39. The van der Waals surface area contributed by atoms with E-state index in [-0.39, 0.29) is 35.3 Å². The maximum Gasteiger partial charge on any atom is 0.225 e. The molecule has 0 aromatic carbocycles. The van der Waals surface area contributed by atoms with E-state index in [0.717, 1.165) is 0 Å². The lowest BCUT2D eigenvalue weighted by atomic mass is 10.0. The third kappa shape index (κ3) is 3.99. The van der Waals surface area contributed by atoms with Gasteiger partial charge in [-0.2, -0.15) is 9.37 Å². The molecule has 6 nitrogen and oxygen atoms in total. The molecule has 0 bridgehead atoms. The Hall–Kier alpha value is -1.70. The molecule has 0 saturated carbocycles. The number of rotatable bonds is 3. The van der Waals surface area contributed by atoms with Crippen molar-refractivity contribution in [2.45, 2.75) is 25.4 Å². The zero-order chi connectivity index (χ0) is 16.4. The van der Waals surface area contributed by atoms with Gasteiger partial charge < -0.3 is 9.64 Å². The van der Waals surface area contributed by atoms with Crippen LogP contribution in [-0.4, -0.2) is 54.9 Å². The summed E-state index contributed by atoms with van der Waals surface area (Å²) in [6, 6.07) is 4.35. The largest absolute Gasteiger partial charge is 0.472 e. The van der Waals surface area contributed by atoms with Gasteiger partial charge in [0.05, 0.1) is 18.1 Å². The molecule has 0 aliphatic carbocycles. The third-order valence-corrected chi connectivity index (χ3v) is 6.05. The molecule has 0 N–H and O–H groups in total. The lowest BCUT2D eigenvalue weighted by molar-refractivity contribution is -0.135. The highest BCUT2D eigenvalue weighted by Gasteiger charge is 2.35. The highest BCUT2D eigenvalue weighted by molar-refractivity contribution is 7.91. The minimum absolute atomic E-state index is 0.00167. The van der Waals surface area contributed by atoms with E-state index in [9.17, 15) is 17.6 Å². The lowest BCUT2D eigenvalue weighted by Gasteiger charge is -2.26. The minimum atomic E-state index is -2.97. The van der Waals surface area contributed by atoms with Crippen molar-refractivity contribution in [1.82, 2.24) is 9.88 Å². The maximum absolute atomic E-state index is 13.0. The van der Waals surface area contributed by atoms with Crippen LogP contribution in [0.25, 0.3) is 0 Å². The summed E-state index contributed by atoms with van der Waals surface area (Å²) >= 11 is 0. The monoisotopic (exact) mass is 342 g/mol. The SMILES string of the molecule is O=C(C1CCS(=O)(=O)CC1)N1CCC(Oc2cccc(F)n2)C1. The zero-order valence-corrected chi connectivity index (χ0v) is 13.5. The normalized spacial score (nSPS) is 24.6. The summed E-state index contributed by atoms with van der Waals surface area (Å²) in [4.78, 5) is 17.8. The first-order valence-electron chi connectivity index (χ1n) is 7.71. The standard InChI is InChI=1S/C15H19FN2O4S/c16-13-2-1-3-14(17-13)22-12-4-7-18(10-12)15(19)11-5-8-23(20,21)9-6-11/h1-3,11-12H,4-10H2. The number of hydrogen-bond acceptors (Lipinski definition) is 5. The number of aromatic nitrogens is 1. The number of sulfone groups is 1. The molecule has 0 spiro atoms. The van der Waals surface area contributed by atoms with Crippen LogP contribution in [0.5, 0.6) is 5.88 Å². The Kier molecular flexibility index (Phi) is 4.52. The van der Waals surface area contributed by atoms with Crippen LogP contribution in [0.1, 0.15) is 19.3 Å². The Morgan fingerprint density at radius 3 is 2.70 bits per heavy atom. The number of likely N-dealkylation sites (tertiary alicyclic amines) is 1. The fraction of sp³-hybridized carbons (Fsp3) is 0.600. The number of carbonyl (C=O) groups excluding carboxylic acids is 1. The Balaban J connectivity index is 1.54. The zero-order valence-electron chi connectivity index (χ0n) is 12.7. The third-order valence-electron chi connectivity index (χ3n) is 4.34. The first-order valence-corrected chi connectivity index (χ1v) is 9.53. The van der Waals surface area contributed by atoms with Gasteiger partial charge in [0.2, 0.25) is 17.7 Å². The van der Waals surface area contributed by atoms with Gasteiger partial charge in [-0.25, -0.2) is 8.42 Å². The number of nitrogens with zero attached hydrogens (tertiary/aromatic N) is 2. The summed E-state index contributed by atoms with van der Waals surface area (Å²) in [5.74, 6) is -0.429. The van der Waals surface area contributed by atoms with Crippen molar-refractivity contribution in [1.29, 1.82) is 0 Å². The van der Waals surface area contributed by atoms with E-state index in [1.807, 2.05) is 0 Å². The Morgan fingerprint density at radius 2 is 2.00 bits per heavy atom. The molecule has 2 aliphatic heterocycles. The van der Waals surface area contributed by atoms with Crippen LogP contribution >= 0.6 is 0 Å². The molecule has 1 aromatic rings. The molecule has 2 fully saturated rings. The average Bonchev–Trinajstić information content (AvgIpc) is 2.95. The molecule has 3 rings (SSSR count). The van der Waals surface area contributed by atoms with Gasteiger partial charge in [-0.15, -0.1) is 0 Å². The minimum Gasteiger partial charge on any atom is -0.472 e. The predicted octanol–water partition coefficient (Wildman–Crippen LogP) is 1.03. The summed E-state index contributed by atoms with van der Waals surface area (Å²) < 4.78 is 41.5. The van der Waals surface area contributed by atoms with Gasteiger partial charge in [-0.1, -0.05) is 6.07 Å². The fourth-order valence-corrected chi connectivity index (χ4v) is 4.54. The van der Waals surface area contributed by atoms with E-state index >= 15 is 0 Å². The summed E-state index contributed by atoms with van der Waals surface area (Å²) in [5, 5.41) is 0. The van der Waals surface area contributed by atoms with Gasteiger partial charge in [-0.3, -0.25) is 4.79 Å². The Morgan fingerprint density at radius 1 is 1.26 bits per heavy atom. The second-order valence-electron chi connectivity index (χ2n) is 6.04. The molecule has 2 aliphatic rings. The van der Waals surface area contributed by atoms with Crippen molar-refractivity contribution in [3.05, 3.63) is 24.1 Å². The highest BCUT2D eigenvalue weighted by atomic mass is 32.2. The van der Waals surface area contributed by atoms with Crippen LogP contribution in [-0.2, 0) is 14.6 Å². The first kappa shape index (κ1) is 16.2. The Labute approximate surface area is 134 Å². The molecule has 0 radical (unpaired) electrons. The van der Waals surface area contributed by atoms with Gasteiger partial charge in [0.25, 0.3) is 0 Å². The van der Waals surface area contributed by atoms with E-state index in [0.29, 0.717) is 32.4 Å². The Bertz CT molecular complexity index is 680. The summed E-state index contributed by atoms with van der Waals surface area (Å²) in [7, 11) is -2.97. The van der Waals surface area contributed by atoms with Crippen LogP contribution < -0.4 is 4.74 Å². The first-order chi connectivity index (χ1) is 10.9. The molecule has 1 atom stereocenters. The van der Waals surface area contributed by atoms with Crippen LogP contribution in [0, 0.1) is 11.9 Å². The van der Waals surface area contributed by atoms with E-state index in [1.54, 1.807) is 11.0 Å². The molecule has 3 heterocycles. The van der Waals surface area contributed by atoms with Gasteiger partial charge >= 0.3 is 0 Å². The van der Waals surface area contributed by atoms with Gasteiger partial charge in [0.15, 0.2) is 0 Å². The van der Waals surface area contributed by atoms with Crippen molar-refractivity contribution < 1.29 is 22.3 Å². The number of pyridine rings is 1. The summed E-state index contributed by atoms with van der Waals surface area (Å²) in [5.41, 5.74) is 0. The molecular weight excluding hydrogens is 323 g/mol. The van der Waals surface area contributed by atoms with Crippen molar-refractivity contribution in [2.75, 3.05) is 24.6 Å². The number of halogens is 1. The number of carbonyl (C=O) groups is 1. The smallest absolute Gasteiger partial charge is 0.225 e. The molecule has 126 valence electrons. The molecule has 8 heteroatoms. The van der Waals surface area contributed by atoms with E-state index in [2.05, 4.69) is 4.98 Å². The van der Waals surface area contributed by atoms with E-state index < -0.39 is 15.8 Å². The number of amides is 1. The average molecular weight is 342 g/mol. The van der Waals surface area contributed by atoms with Crippen LogP contribution in [0.15, 0.2) is 18.2 Å². The van der Waals surface area contributed by atoms with Gasteiger partial charge in [-0.05, 0) is 18.9 Å². The van der Waals surface area contributed by atoms with E-state index in [1.165, 1.54) is 12.1 Å². The maximum atomic E-state index is 13.0. The van der Waals surface area contributed by atoms with Crippen LogP contribution in [0.2, 0.25) is 0 Å². The second kappa shape index (κ2) is 6.43. The fourth-order valence-electron chi connectivity index (χ4n) is 3.05. The topological polar surface area (TPSA) is 76.6 Å².